The fourth-order valence-corrected chi connectivity index (χ4v) is 5.34. The highest BCUT2D eigenvalue weighted by Crippen LogP contribution is 2.35. The van der Waals surface area contributed by atoms with Crippen LogP contribution < -0.4 is 4.74 Å². The summed E-state index contributed by atoms with van der Waals surface area (Å²) in [5, 5.41) is 29.0. The number of benzene rings is 2. The van der Waals surface area contributed by atoms with Crippen LogP contribution in [0.4, 0.5) is 8.78 Å². The van der Waals surface area contributed by atoms with E-state index in [2.05, 4.69) is 4.90 Å². The summed E-state index contributed by atoms with van der Waals surface area (Å²) in [5.74, 6) is -3.11. The predicted molar refractivity (Wildman–Crippen MR) is 139 cm³/mol. The molecular formula is C29H33F2N3O5. The number of likely N-dealkylation sites (tertiary alicyclic amines) is 2. The smallest absolute Gasteiger partial charge is 0.326 e. The number of amides is 1. The van der Waals surface area contributed by atoms with Gasteiger partial charge < -0.3 is 24.7 Å². The summed E-state index contributed by atoms with van der Waals surface area (Å²) in [4.78, 5) is 28.4. The van der Waals surface area contributed by atoms with E-state index in [0.29, 0.717) is 30.8 Å². The first-order chi connectivity index (χ1) is 18.5. The Morgan fingerprint density at radius 3 is 2.56 bits per heavy atom. The lowest BCUT2D eigenvalue weighted by Gasteiger charge is -2.34. The molecule has 0 radical (unpaired) electrons. The molecule has 2 fully saturated rings. The Bertz CT molecular complexity index is 1260. The van der Waals surface area contributed by atoms with Gasteiger partial charge in [-0.3, -0.25) is 4.79 Å². The average molecular weight is 542 g/mol. The van der Waals surface area contributed by atoms with E-state index in [1.807, 2.05) is 6.07 Å². The molecule has 0 bridgehead atoms. The molecule has 2 heterocycles. The van der Waals surface area contributed by atoms with Gasteiger partial charge in [0.15, 0.2) is 11.6 Å². The number of ether oxygens (including phenoxy) is 1. The molecule has 2 saturated heterocycles. The largest absolute Gasteiger partial charge is 0.490 e. The third-order valence-electron chi connectivity index (χ3n) is 7.23. The van der Waals surface area contributed by atoms with Gasteiger partial charge >= 0.3 is 5.97 Å². The number of aliphatic hydroxyl groups is 1. The molecule has 10 heteroatoms. The van der Waals surface area contributed by atoms with Crippen molar-refractivity contribution in [2.75, 3.05) is 32.8 Å². The van der Waals surface area contributed by atoms with Gasteiger partial charge in [-0.25, -0.2) is 13.6 Å². The molecule has 2 aliphatic heterocycles. The fourth-order valence-electron chi connectivity index (χ4n) is 5.34. The molecule has 0 saturated carbocycles. The molecule has 2 N–H and O–H groups in total. The van der Waals surface area contributed by atoms with E-state index in [1.54, 1.807) is 32.0 Å². The zero-order chi connectivity index (χ0) is 28.3. The van der Waals surface area contributed by atoms with Crippen molar-refractivity contribution in [3.63, 3.8) is 0 Å². The number of aliphatic hydroxyl groups excluding tert-OH is 1. The number of nitriles is 1. The quantitative estimate of drug-likeness (QED) is 0.522. The molecule has 0 aliphatic carbocycles. The number of carbonyl (C=O) groups is 2. The van der Waals surface area contributed by atoms with Crippen LogP contribution in [-0.4, -0.2) is 82.5 Å². The summed E-state index contributed by atoms with van der Waals surface area (Å²) in [6.07, 6.45) is 0.316. The Labute approximate surface area is 226 Å². The molecule has 0 spiro atoms. The number of carboxylic acid groups (broad SMARTS) is 1. The van der Waals surface area contributed by atoms with Crippen molar-refractivity contribution in [1.29, 1.82) is 5.26 Å². The van der Waals surface area contributed by atoms with Crippen molar-refractivity contribution in [2.24, 2.45) is 5.92 Å². The summed E-state index contributed by atoms with van der Waals surface area (Å²) in [5.41, 5.74) is -0.737. The normalized spacial score (nSPS) is 20.6. The second kappa shape index (κ2) is 11.7. The number of aliphatic carboxylic acids is 1. The van der Waals surface area contributed by atoms with Crippen molar-refractivity contribution in [2.45, 2.75) is 50.9 Å². The molecule has 0 unspecified atom stereocenters. The van der Waals surface area contributed by atoms with Crippen molar-refractivity contribution >= 4 is 11.9 Å². The fraction of sp³-hybridized carbons (Fsp3) is 0.483. The summed E-state index contributed by atoms with van der Waals surface area (Å²) >= 11 is 0. The number of rotatable bonds is 8. The molecule has 4 rings (SSSR count). The van der Waals surface area contributed by atoms with Crippen LogP contribution in [-0.2, 0) is 4.79 Å². The Morgan fingerprint density at radius 2 is 1.92 bits per heavy atom. The SMILES string of the molecule is CC(C)(F)CN1CCC(COc2ccc(-c3cccc(C#N)c3)c(C(=O)N3C[C@H](O)C[C@H]3C(=O)O)c2F)CC1. The standard InChI is InChI=1S/C29H33F2N3O5/c1-29(2,31)17-33-10-8-18(9-11-33)16-39-24-7-6-22(20-5-3-4-19(12-20)14-32)25(26(24)30)27(36)34-15-21(35)13-23(34)28(37)38/h3-7,12,18,21,23,35H,8-11,13,15-17H2,1-2H3,(H,37,38)/t21-,23+/m1/s1. The predicted octanol–water partition coefficient (Wildman–Crippen LogP) is 3.86. The van der Waals surface area contributed by atoms with Crippen molar-refractivity contribution in [1.82, 2.24) is 9.80 Å². The topological polar surface area (TPSA) is 114 Å². The maximum absolute atomic E-state index is 16.0. The number of halogens is 2. The van der Waals surface area contributed by atoms with Gasteiger partial charge in [0.1, 0.15) is 11.7 Å². The lowest BCUT2D eigenvalue weighted by molar-refractivity contribution is -0.141. The summed E-state index contributed by atoms with van der Waals surface area (Å²) in [6, 6.07) is 10.0. The number of alkyl halides is 1. The Morgan fingerprint density at radius 1 is 1.21 bits per heavy atom. The first-order valence-electron chi connectivity index (χ1n) is 13.1. The molecule has 2 aliphatic rings. The third kappa shape index (κ3) is 6.72. The highest BCUT2D eigenvalue weighted by molar-refractivity contribution is 6.03. The second-order valence-corrected chi connectivity index (χ2v) is 10.9. The molecular weight excluding hydrogens is 508 g/mol. The van der Waals surface area contributed by atoms with Crippen molar-refractivity contribution in [3.8, 4) is 22.9 Å². The summed E-state index contributed by atoms with van der Waals surface area (Å²) < 4.78 is 35.9. The van der Waals surface area contributed by atoms with Gasteiger partial charge in [0.05, 0.1) is 29.9 Å². The average Bonchev–Trinajstić information content (AvgIpc) is 3.29. The number of nitrogens with zero attached hydrogens (tertiary/aromatic N) is 3. The number of carbonyl (C=O) groups excluding carboxylic acids is 1. The first-order valence-corrected chi connectivity index (χ1v) is 13.1. The van der Waals surface area contributed by atoms with Gasteiger partial charge in [-0.2, -0.15) is 5.26 Å². The summed E-state index contributed by atoms with van der Waals surface area (Å²) in [7, 11) is 0. The number of piperidine rings is 1. The van der Waals surface area contributed by atoms with Crippen LogP contribution in [0, 0.1) is 23.1 Å². The highest BCUT2D eigenvalue weighted by Gasteiger charge is 2.41. The molecule has 39 heavy (non-hydrogen) atoms. The maximum atomic E-state index is 16.0. The zero-order valence-electron chi connectivity index (χ0n) is 22.1. The third-order valence-corrected chi connectivity index (χ3v) is 7.23. The van der Waals surface area contributed by atoms with Gasteiger partial charge in [-0.1, -0.05) is 12.1 Å². The highest BCUT2D eigenvalue weighted by atomic mass is 19.1. The van der Waals surface area contributed by atoms with E-state index in [4.69, 9.17) is 4.74 Å². The molecule has 1 amide bonds. The zero-order valence-corrected chi connectivity index (χ0v) is 22.1. The van der Waals surface area contributed by atoms with E-state index in [9.17, 15) is 29.5 Å². The van der Waals surface area contributed by atoms with Crippen LogP contribution in [0.2, 0.25) is 0 Å². The maximum Gasteiger partial charge on any atom is 0.326 e. The van der Waals surface area contributed by atoms with Gasteiger partial charge in [-0.05, 0) is 81.1 Å². The van der Waals surface area contributed by atoms with E-state index < -0.39 is 35.5 Å². The number of hydrogen-bond donors (Lipinski definition) is 2. The van der Waals surface area contributed by atoms with Crippen molar-refractivity contribution in [3.05, 3.63) is 53.3 Å². The molecule has 0 aromatic heterocycles. The molecule has 208 valence electrons. The monoisotopic (exact) mass is 541 g/mol. The Hall–Kier alpha value is -3.55. The van der Waals surface area contributed by atoms with E-state index in [0.717, 1.165) is 17.7 Å². The number of hydrogen-bond acceptors (Lipinski definition) is 6. The number of β-amino-alcohol motifs (C(OH)–C–C–N with tert-alkyl or cyclic N) is 1. The van der Waals surface area contributed by atoms with Gasteiger partial charge in [0, 0.05) is 19.5 Å². The molecule has 2 aromatic rings. The van der Waals surface area contributed by atoms with Crippen LogP contribution in [0.3, 0.4) is 0 Å². The van der Waals surface area contributed by atoms with Gasteiger partial charge in [-0.15, -0.1) is 0 Å². The van der Waals surface area contributed by atoms with Crippen LogP contribution >= 0.6 is 0 Å². The van der Waals surface area contributed by atoms with E-state index in [1.165, 1.54) is 18.2 Å². The lowest BCUT2D eigenvalue weighted by atomic mass is 9.95. The molecule has 8 nitrogen and oxygen atoms in total. The molecule has 2 aromatic carbocycles. The van der Waals surface area contributed by atoms with Crippen LogP contribution in [0.15, 0.2) is 36.4 Å². The summed E-state index contributed by atoms with van der Waals surface area (Å²) in [6.45, 7) is 4.81. The van der Waals surface area contributed by atoms with Crippen molar-refractivity contribution < 1.29 is 33.3 Å². The lowest BCUT2D eigenvalue weighted by Crippen LogP contribution is -2.42. The minimum absolute atomic E-state index is 0.125. The Kier molecular flexibility index (Phi) is 8.52. The first kappa shape index (κ1) is 28.5. The molecule has 2 atom stereocenters. The minimum atomic E-state index is -1.30. The van der Waals surface area contributed by atoms with Crippen LogP contribution in [0.1, 0.15) is 49.0 Å². The van der Waals surface area contributed by atoms with E-state index >= 15 is 4.39 Å². The Balaban J connectivity index is 1.60. The second-order valence-electron chi connectivity index (χ2n) is 10.9. The van der Waals surface area contributed by atoms with Crippen LogP contribution in [0.5, 0.6) is 5.75 Å². The van der Waals surface area contributed by atoms with Gasteiger partial charge in [0.2, 0.25) is 0 Å². The van der Waals surface area contributed by atoms with Gasteiger partial charge in [0.25, 0.3) is 5.91 Å². The number of carboxylic acids is 1. The van der Waals surface area contributed by atoms with Crippen LogP contribution in [0.25, 0.3) is 11.1 Å². The minimum Gasteiger partial charge on any atom is -0.490 e. The van der Waals surface area contributed by atoms with E-state index in [-0.39, 0.29) is 42.4 Å².